The standard InChI is InChI=1S/C9H15N3OS/c1-7-11-9(12-13-7)5-10-8-3-2-4-14-6-8/h8,10H,2-6H2,1H3/t8-/m1/s1. The van der Waals surface area contributed by atoms with Crippen LogP contribution in [0.4, 0.5) is 0 Å². The van der Waals surface area contributed by atoms with Crippen LogP contribution in [0.2, 0.25) is 0 Å². The highest BCUT2D eigenvalue weighted by Gasteiger charge is 2.13. The van der Waals surface area contributed by atoms with Gasteiger partial charge in [-0.15, -0.1) is 0 Å². The third-order valence-corrected chi connectivity index (χ3v) is 3.49. The van der Waals surface area contributed by atoms with E-state index >= 15 is 0 Å². The number of nitrogens with zero attached hydrogens (tertiary/aromatic N) is 2. The van der Waals surface area contributed by atoms with Crippen LogP contribution in [0.1, 0.15) is 24.6 Å². The largest absolute Gasteiger partial charge is 0.340 e. The number of aromatic nitrogens is 2. The molecule has 4 nitrogen and oxygen atoms in total. The summed E-state index contributed by atoms with van der Waals surface area (Å²) in [5, 5.41) is 7.29. The third kappa shape index (κ3) is 2.72. The second kappa shape index (κ2) is 4.79. The Kier molecular flexibility index (Phi) is 3.42. The van der Waals surface area contributed by atoms with Gasteiger partial charge in [-0.2, -0.15) is 16.7 Å². The molecule has 1 aliphatic rings. The van der Waals surface area contributed by atoms with Crippen LogP contribution in [-0.2, 0) is 6.54 Å². The first-order valence-corrected chi connectivity index (χ1v) is 6.10. The molecule has 0 bridgehead atoms. The first-order valence-electron chi connectivity index (χ1n) is 4.95. The Hall–Kier alpha value is -0.550. The number of hydrogen-bond acceptors (Lipinski definition) is 5. The average molecular weight is 213 g/mol. The number of nitrogens with one attached hydrogen (secondary N) is 1. The molecule has 0 unspecified atom stereocenters. The number of hydrogen-bond donors (Lipinski definition) is 1. The van der Waals surface area contributed by atoms with Gasteiger partial charge >= 0.3 is 0 Å². The zero-order valence-corrected chi connectivity index (χ0v) is 9.14. The summed E-state index contributed by atoms with van der Waals surface area (Å²) >= 11 is 2.02. The lowest BCUT2D eigenvalue weighted by molar-refractivity contribution is 0.383. The normalized spacial score (nSPS) is 22.5. The lowest BCUT2D eigenvalue weighted by Gasteiger charge is -2.21. The Morgan fingerprint density at radius 1 is 1.64 bits per heavy atom. The summed E-state index contributed by atoms with van der Waals surface area (Å²) in [6.07, 6.45) is 2.58. The molecule has 2 heterocycles. The first-order chi connectivity index (χ1) is 6.84. The number of thioether (sulfide) groups is 1. The van der Waals surface area contributed by atoms with Crippen molar-refractivity contribution < 1.29 is 4.52 Å². The Balaban J connectivity index is 1.76. The molecule has 1 aromatic rings. The van der Waals surface area contributed by atoms with Crippen molar-refractivity contribution in [1.82, 2.24) is 15.5 Å². The topological polar surface area (TPSA) is 51.0 Å². The van der Waals surface area contributed by atoms with Crippen molar-refractivity contribution in [2.45, 2.75) is 32.4 Å². The molecule has 1 aromatic heterocycles. The van der Waals surface area contributed by atoms with Crippen molar-refractivity contribution in [2.24, 2.45) is 0 Å². The van der Waals surface area contributed by atoms with Gasteiger partial charge in [-0.25, -0.2) is 0 Å². The van der Waals surface area contributed by atoms with Crippen molar-refractivity contribution in [3.63, 3.8) is 0 Å². The molecular formula is C9H15N3OS. The molecule has 0 radical (unpaired) electrons. The summed E-state index contributed by atoms with van der Waals surface area (Å²) in [7, 11) is 0. The molecule has 0 aliphatic carbocycles. The molecule has 0 saturated carbocycles. The van der Waals surface area contributed by atoms with E-state index in [2.05, 4.69) is 15.5 Å². The molecule has 1 saturated heterocycles. The maximum absolute atomic E-state index is 4.90. The third-order valence-electron chi connectivity index (χ3n) is 2.28. The van der Waals surface area contributed by atoms with E-state index in [9.17, 15) is 0 Å². The van der Waals surface area contributed by atoms with Gasteiger partial charge in [-0.3, -0.25) is 0 Å². The Morgan fingerprint density at radius 3 is 3.21 bits per heavy atom. The van der Waals surface area contributed by atoms with Crippen molar-refractivity contribution in [1.29, 1.82) is 0 Å². The highest BCUT2D eigenvalue weighted by molar-refractivity contribution is 7.99. The second-order valence-corrected chi connectivity index (χ2v) is 4.67. The number of aryl methyl sites for hydroxylation is 1. The van der Waals surface area contributed by atoms with Crippen molar-refractivity contribution in [3.8, 4) is 0 Å². The Morgan fingerprint density at radius 2 is 2.57 bits per heavy atom. The summed E-state index contributed by atoms with van der Waals surface area (Å²) in [4.78, 5) is 4.15. The molecule has 1 N–H and O–H groups in total. The minimum atomic E-state index is 0.618. The van der Waals surface area contributed by atoms with E-state index in [0.717, 1.165) is 12.4 Å². The molecule has 2 rings (SSSR count). The highest BCUT2D eigenvalue weighted by Crippen LogP contribution is 2.16. The van der Waals surface area contributed by atoms with E-state index in [1.807, 2.05) is 18.7 Å². The molecular weight excluding hydrogens is 198 g/mol. The van der Waals surface area contributed by atoms with Gasteiger partial charge < -0.3 is 9.84 Å². The van der Waals surface area contributed by atoms with Gasteiger partial charge in [0.15, 0.2) is 5.82 Å². The summed E-state index contributed by atoms with van der Waals surface area (Å²) in [5.41, 5.74) is 0. The van der Waals surface area contributed by atoms with Crippen LogP contribution in [0.5, 0.6) is 0 Å². The van der Waals surface area contributed by atoms with Crippen LogP contribution in [0.15, 0.2) is 4.52 Å². The number of rotatable bonds is 3. The summed E-state index contributed by atoms with van der Waals surface area (Å²) in [5.74, 6) is 3.91. The maximum atomic E-state index is 4.90. The monoisotopic (exact) mass is 213 g/mol. The maximum Gasteiger partial charge on any atom is 0.223 e. The predicted molar refractivity (Wildman–Crippen MR) is 56.2 cm³/mol. The zero-order chi connectivity index (χ0) is 9.80. The van der Waals surface area contributed by atoms with E-state index in [1.165, 1.54) is 24.3 Å². The van der Waals surface area contributed by atoms with Gasteiger partial charge in [-0.05, 0) is 18.6 Å². The molecule has 78 valence electrons. The Labute approximate surface area is 87.8 Å². The van der Waals surface area contributed by atoms with Crippen molar-refractivity contribution in [3.05, 3.63) is 11.7 Å². The Bertz CT molecular complexity index is 283. The first kappa shape index (κ1) is 9.98. The highest BCUT2D eigenvalue weighted by atomic mass is 32.2. The fraction of sp³-hybridized carbons (Fsp3) is 0.778. The minimum absolute atomic E-state index is 0.618. The van der Waals surface area contributed by atoms with E-state index in [0.29, 0.717) is 11.9 Å². The zero-order valence-electron chi connectivity index (χ0n) is 8.32. The lowest BCUT2D eigenvalue weighted by atomic mass is 10.2. The molecule has 1 fully saturated rings. The van der Waals surface area contributed by atoms with Gasteiger partial charge in [-0.1, -0.05) is 5.16 Å². The second-order valence-electron chi connectivity index (χ2n) is 3.52. The molecule has 0 spiro atoms. The van der Waals surface area contributed by atoms with Gasteiger partial charge in [0.1, 0.15) is 0 Å². The average Bonchev–Trinajstić information content (AvgIpc) is 2.63. The van der Waals surface area contributed by atoms with Crippen LogP contribution >= 0.6 is 11.8 Å². The molecule has 1 aliphatic heterocycles. The van der Waals surface area contributed by atoms with E-state index < -0.39 is 0 Å². The van der Waals surface area contributed by atoms with E-state index in [1.54, 1.807) is 0 Å². The predicted octanol–water partition coefficient (Wildman–Crippen LogP) is 1.36. The van der Waals surface area contributed by atoms with Crippen molar-refractivity contribution >= 4 is 11.8 Å². The molecule has 1 atom stereocenters. The summed E-state index contributed by atoms with van der Waals surface area (Å²) in [6.45, 7) is 2.54. The lowest BCUT2D eigenvalue weighted by Crippen LogP contribution is -2.33. The summed E-state index contributed by atoms with van der Waals surface area (Å²) < 4.78 is 4.90. The van der Waals surface area contributed by atoms with Crippen LogP contribution in [-0.4, -0.2) is 27.7 Å². The summed E-state index contributed by atoms with van der Waals surface area (Å²) in [6, 6.07) is 0.618. The van der Waals surface area contributed by atoms with Gasteiger partial charge in [0.2, 0.25) is 5.89 Å². The van der Waals surface area contributed by atoms with Crippen LogP contribution in [0.3, 0.4) is 0 Å². The van der Waals surface area contributed by atoms with E-state index in [4.69, 9.17) is 4.52 Å². The smallest absolute Gasteiger partial charge is 0.223 e. The van der Waals surface area contributed by atoms with Gasteiger partial charge in [0.05, 0.1) is 6.54 Å². The molecule has 0 aromatic carbocycles. The SMILES string of the molecule is Cc1nc(CN[C@@H]2CCCSC2)no1. The van der Waals surface area contributed by atoms with Crippen molar-refractivity contribution in [2.75, 3.05) is 11.5 Å². The van der Waals surface area contributed by atoms with Crippen LogP contribution in [0, 0.1) is 6.92 Å². The van der Waals surface area contributed by atoms with Gasteiger partial charge in [0.25, 0.3) is 0 Å². The fourth-order valence-electron chi connectivity index (χ4n) is 1.55. The fourth-order valence-corrected chi connectivity index (χ4v) is 2.66. The molecule has 14 heavy (non-hydrogen) atoms. The van der Waals surface area contributed by atoms with Gasteiger partial charge in [0, 0.05) is 18.7 Å². The minimum Gasteiger partial charge on any atom is -0.340 e. The quantitative estimate of drug-likeness (QED) is 0.821. The molecule has 5 heteroatoms. The van der Waals surface area contributed by atoms with Crippen LogP contribution < -0.4 is 5.32 Å². The van der Waals surface area contributed by atoms with Crippen LogP contribution in [0.25, 0.3) is 0 Å². The molecule has 0 amide bonds. The van der Waals surface area contributed by atoms with E-state index in [-0.39, 0.29) is 0 Å².